The average molecular weight is 271 g/mol. The molecule has 3 amide bonds. The van der Waals surface area contributed by atoms with Crippen LogP contribution in [0.3, 0.4) is 0 Å². The average Bonchev–Trinajstić information content (AvgIpc) is 2.36. The lowest BCUT2D eigenvalue weighted by molar-refractivity contribution is -0.135. The van der Waals surface area contributed by atoms with Crippen molar-refractivity contribution < 1.29 is 23.5 Å². The molecule has 0 spiro atoms. The molecule has 102 valence electrons. The summed E-state index contributed by atoms with van der Waals surface area (Å²) in [5.74, 6) is -2.75. The fourth-order valence-electron chi connectivity index (χ4n) is 1.61. The van der Waals surface area contributed by atoms with Gasteiger partial charge in [-0.15, -0.1) is 0 Å². The highest BCUT2D eigenvalue weighted by molar-refractivity contribution is 5.98. The first kappa shape index (κ1) is 13.4. The van der Waals surface area contributed by atoms with Gasteiger partial charge in [-0.05, 0) is 24.1 Å². The maximum atomic E-state index is 13.0. The monoisotopic (exact) mass is 271 g/mol. The number of carbonyl (C=O) groups excluding carboxylic acids is 2. The van der Waals surface area contributed by atoms with E-state index in [-0.39, 0.29) is 13.0 Å². The van der Waals surface area contributed by atoms with E-state index in [1.807, 2.05) is 5.32 Å². The Bertz CT molecular complexity index is 524. The van der Waals surface area contributed by atoms with Crippen LogP contribution in [-0.4, -0.2) is 34.8 Å². The van der Waals surface area contributed by atoms with E-state index in [2.05, 4.69) is 5.43 Å². The fourth-order valence-corrected chi connectivity index (χ4v) is 1.61. The molecule has 1 unspecified atom stereocenters. The second-order valence-corrected chi connectivity index (χ2v) is 3.98. The smallest absolute Gasteiger partial charge is 0.338 e. The minimum absolute atomic E-state index is 0.0846. The van der Waals surface area contributed by atoms with E-state index >= 15 is 0 Å². The molecule has 1 aliphatic rings. The molecule has 3 N–H and O–H groups in total. The highest BCUT2D eigenvalue weighted by atomic mass is 19.2. The minimum Gasteiger partial charge on any atom is -0.369 e. The summed E-state index contributed by atoms with van der Waals surface area (Å²) < 4.78 is 25.7. The molecule has 0 aromatic heterocycles. The number of carbonyl (C=O) groups is 2. The van der Waals surface area contributed by atoms with Crippen LogP contribution in [0.5, 0.6) is 0 Å². The van der Waals surface area contributed by atoms with Crippen molar-refractivity contribution in [1.82, 2.24) is 15.8 Å². The first-order valence-electron chi connectivity index (χ1n) is 5.48. The number of benzene rings is 1. The number of amides is 3. The van der Waals surface area contributed by atoms with Crippen molar-refractivity contribution in [2.45, 2.75) is 12.6 Å². The number of nitrogens with one attached hydrogen (secondary N) is 2. The van der Waals surface area contributed by atoms with Crippen LogP contribution in [0.2, 0.25) is 0 Å². The van der Waals surface area contributed by atoms with E-state index in [4.69, 9.17) is 0 Å². The molecular formula is C11H11F2N3O3. The normalized spacial score (nSPS) is 19.5. The van der Waals surface area contributed by atoms with Crippen molar-refractivity contribution in [3.63, 3.8) is 0 Å². The van der Waals surface area contributed by atoms with Gasteiger partial charge in [0.15, 0.2) is 11.6 Å². The second kappa shape index (κ2) is 5.29. The number of urea groups is 1. The predicted molar refractivity (Wildman–Crippen MR) is 59.4 cm³/mol. The van der Waals surface area contributed by atoms with Crippen LogP contribution in [0.1, 0.15) is 5.56 Å². The first-order chi connectivity index (χ1) is 8.97. The maximum Gasteiger partial charge on any atom is 0.338 e. The molecule has 1 aromatic rings. The Kier molecular flexibility index (Phi) is 3.72. The van der Waals surface area contributed by atoms with Crippen molar-refractivity contribution in [3.8, 4) is 0 Å². The second-order valence-electron chi connectivity index (χ2n) is 3.98. The van der Waals surface area contributed by atoms with Gasteiger partial charge in [0.25, 0.3) is 5.91 Å². The van der Waals surface area contributed by atoms with E-state index < -0.39 is 29.8 Å². The van der Waals surface area contributed by atoms with E-state index in [0.29, 0.717) is 5.56 Å². The van der Waals surface area contributed by atoms with Crippen LogP contribution < -0.4 is 10.7 Å². The number of aliphatic hydroxyl groups is 1. The minimum atomic E-state index is -1.51. The molecule has 0 bridgehead atoms. The third-order valence-electron chi connectivity index (χ3n) is 2.61. The summed E-state index contributed by atoms with van der Waals surface area (Å²) in [7, 11) is 0. The molecule has 1 aromatic carbocycles. The molecule has 1 fully saturated rings. The van der Waals surface area contributed by atoms with Crippen LogP contribution in [0.4, 0.5) is 13.6 Å². The third kappa shape index (κ3) is 3.04. The molecule has 0 radical (unpaired) electrons. The molecule has 1 atom stereocenters. The molecule has 1 heterocycles. The highest BCUT2D eigenvalue weighted by Crippen LogP contribution is 2.10. The lowest BCUT2D eigenvalue weighted by atomic mass is 10.1. The molecular weight excluding hydrogens is 260 g/mol. The largest absolute Gasteiger partial charge is 0.369 e. The predicted octanol–water partition coefficient (Wildman–Crippen LogP) is -0.118. The van der Waals surface area contributed by atoms with Crippen LogP contribution in [0.15, 0.2) is 18.2 Å². The first-order valence-corrected chi connectivity index (χ1v) is 5.48. The van der Waals surface area contributed by atoms with E-state index in [1.165, 1.54) is 6.07 Å². The summed E-state index contributed by atoms with van der Waals surface area (Å²) in [6.07, 6.45) is -1.28. The van der Waals surface area contributed by atoms with Gasteiger partial charge in [-0.3, -0.25) is 15.1 Å². The molecule has 1 saturated heterocycles. The Morgan fingerprint density at radius 1 is 1.26 bits per heavy atom. The Morgan fingerprint density at radius 2 is 2.00 bits per heavy atom. The molecule has 0 aliphatic carbocycles. The number of hydrazine groups is 1. The van der Waals surface area contributed by atoms with E-state index in [9.17, 15) is 23.5 Å². The zero-order valence-corrected chi connectivity index (χ0v) is 9.69. The van der Waals surface area contributed by atoms with Gasteiger partial charge in [-0.1, -0.05) is 6.07 Å². The maximum absolute atomic E-state index is 13.0. The number of nitrogens with zero attached hydrogens (tertiary/aromatic N) is 1. The molecule has 1 aliphatic heterocycles. The van der Waals surface area contributed by atoms with Gasteiger partial charge < -0.3 is 5.11 Å². The molecule has 8 heteroatoms. The standard InChI is InChI=1S/C11H11F2N3O3/c12-7-2-1-6(5-8(7)13)3-4-16-11(19)14-9(17)10(18)15-16/h1-2,5,10,15,18H,3-4H2,(H,14,17,19). The number of imide groups is 1. The SMILES string of the molecule is O=C1NC(=O)N(CCc2ccc(F)c(F)c2)NC1O. The van der Waals surface area contributed by atoms with E-state index in [0.717, 1.165) is 17.1 Å². The summed E-state index contributed by atoms with van der Waals surface area (Å²) in [6.45, 7) is 0.0846. The van der Waals surface area contributed by atoms with Crippen molar-refractivity contribution in [3.05, 3.63) is 35.4 Å². The summed E-state index contributed by atoms with van der Waals surface area (Å²) in [6, 6.07) is 2.70. The van der Waals surface area contributed by atoms with Gasteiger partial charge in [-0.25, -0.2) is 13.6 Å². The quantitative estimate of drug-likeness (QED) is 0.716. The zero-order chi connectivity index (χ0) is 14.0. The van der Waals surface area contributed by atoms with Crippen LogP contribution >= 0.6 is 0 Å². The van der Waals surface area contributed by atoms with Gasteiger partial charge in [0, 0.05) is 6.54 Å². The van der Waals surface area contributed by atoms with Crippen molar-refractivity contribution in [2.75, 3.05) is 6.54 Å². The number of halogens is 2. The molecule has 2 rings (SSSR count). The van der Waals surface area contributed by atoms with Gasteiger partial charge >= 0.3 is 6.03 Å². The third-order valence-corrected chi connectivity index (χ3v) is 2.61. The summed E-state index contributed by atoms with van der Waals surface area (Å²) in [4.78, 5) is 22.3. The van der Waals surface area contributed by atoms with Crippen LogP contribution in [-0.2, 0) is 11.2 Å². The number of hydrogen-bond acceptors (Lipinski definition) is 4. The van der Waals surface area contributed by atoms with E-state index in [1.54, 1.807) is 0 Å². The van der Waals surface area contributed by atoms with Crippen molar-refractivity contribution in [2.24, 2.45) is 0 Å². The topological polar surface area (TPSA) is 81.7 Å². The number of aliphatic hydroxyl groups excluding tert-OH is 1. The molecule has 19 heavy (non-hydrogen) atoms. The Hall–Kier alpha value is -2.06. The Morgan fingerprint density at radius 3 is 2.68 bits per heavy atom. The highest BCUT2D eigenvalue weighted by Gasteiger charge is 2.29. The molecule has 6 nitrogen and oxygen atoms in total. The van der Waals surface area contributed by atoms with Crippen LogP contribution in [0.25, 0.3) is 0 Å². The Labute approximate surface area is 107 Å². The number of rotatable bonds is 3. The number of hydrogen-bond donors (Lipinski definition) is 3. The summed E-state index contributed by atoms with van der Waals surface area (Å²) in [5.41, 5.74) is 2.76. The summed E-state index contributed by atoms with van der Waals surface area (Å²) in [5, 5.41) is 12.1. The van der Waals surface area contributed by atoms with Crippen molar-refractivity contribution in [1.29, 1.82) is 0 Å². The van der Waals surface area contributed by atoms with Gasteiger partial charge in [0.05, 0.1) is 0 Å². The van der Waals surface area contributed by atoms with Gasteiger partial charge in [0.1, 0.15) is 0 Å². The van der Waals surface area contributed by atoms with Gasteiger partial charge in [0.2, 0.25) is 6.23 Å². The van der Waals surface area contributed by atoms with Crippen molar-refractivity contribution >= 4 is 11.9 Å². The fraction of sp³-hybridized carbons (Fsp3) is 0.273. The lowest BCUT2D eigenvalue weighted by Crippen LogP contribution is -2.64. The lowest BCUT2D eigenvalue weighted by Gasteiger charge is -2.30. The zero-order valence-electron chi connectivity index (χ0n) is 9.69. The molecule has 0 saturated carbocycles. The van der Waals surface area contributed by atoms with Gasteiger partial charge in [-0.2, -0.15) is 5.43 Å². The Balaban J connectivity index is 1.96. The van der Waals surface area contributed by atoms with Crippen LogP contribution in [0, 0.1) is 11.6 Å². The summed E-state index contributed by atoms with van der Waals surface area (Å²) >= 11 is 0.